The molecule has 0 radical (unpaired) electrons. The van der Waals surface area contributed by atoms with Gasteiger partial charge in [0.1, 0.15) is 0 Å². The van der Waals surface area contributed by atoms with Crippen molar-refractivity contribution in [1.82, 2.24) is 4.90 Å². The molecule has 5 nitrogen and oxygen atoms in total. The number of carboxylic acids is 1. The Hall–Kier alpha value is -2.04. The summed E-state index contributed by atoms with van der Waals surface area (Å²) < 4.78 is 0. The number of benzene rings is 1. The smallest absolute Gasteiger partial charge is 0.336 e. The van der Waals surface area contributed by atoms with Crippen LogP contribution in [0, 0.1) is 18.8 Å². The standard InChI is InChI=1S/C15H20N2O3/c1-9-7-17(8-10(9)2)15(20)16-13-6-4-5-12(11(13)3)14(18)19/h4-6,9-10H,7-8H2,1-3H3,(H,16,20)(H,18,19). The van der Waals surface area contributed by atoms with Gasteiger partial charge in [-0.2, -0.15) is 0 Å². The van der Waals surface area contributed by atoms with E-state index in [2.05, 4.69) is 19.2 Å². The van der Waals surface area contributed by atoms with Crippen LogP contribution in [0.5, 0.6) is 0 Å². The van der Waals surface area contributed by atoms with Gasteiger partial charge in [-0.1, -0.05) is 19.9 Å². The maximum absolute atomic E-state index is 12.2. The largest absolute Gasteiger partial charge is 0.478 e. The molecule has 20 heavy (non-hydrogen) atoms. The molecule has 1 aromatic carbocycles. The summed E-state index contributed by atoms with van der Waals surface area (Å²) in [6.07, 6.45) is 0. The van der Waals surface area contributed by atoms with Crippen molar-refractivity contribution in [2.75, 3.05) is 18.4 Å². The first-order valence-electron chi connectivity index (χ1n) is 6.79. The van der Waals surface area contributed by atoms with Crippen molar-refractivity contribution in [2.24, 2.45) is 11.8 Å². The fourth-order valence-electron chi connectivity index (χ4n) is 2.49. The van der Waals surface area contributed by atoms with Crippen LogP contribution < -0.4 is 5.32 Å². The first-order chi connectivity index (χ1) is 9.40. The number of nitrogens with zero attached hydrogens (tertiary/aromatic N) is 1. The first kappa shape index (κ1) is 14.4. The average molecular weight is 276 g/mol. The van der Waals surface area contributed by atoms with Crippen LogP contribution in [0.3, 0.4) is 0 Å². The van der Waals surface area contributed by atoms with Crippen molar-refractivity contribution in [1.29, 1.82) is 0 Å². The summed E-state index contributed by atoms with van der Waals surface area (Å²) in [6.45, 7) is 7.45. The molecule has 0 saturated carbocycles. The van der Waals surface area contributed by atoms with Crippen molar-refractivity contribution in [3.05, 3.63) is 29.3 Å². The van der Waals surface area contributed by atoms with E-state index >= 15 is 0 Å². The minimum atomic E-state index is -0.984. The molecule has 1 aromatic rings. The number of carbonyl (C=O) groups excluding carboxylic acids is 1. The summed E-state index contributed by atoms with van der Waals surface area (Å²) in [5.74, 6) is 0.00131. The van der Waals surface area contributed by atoms with Crippen molar-refractivity contribution < 1.29 is 14.7 Å². The zero-order chi connectivity index (χ0) is 14.9. The normalized spacial score (nSPS) is 21.9. The van der Waals surface area contributed by atoms with E-state index in [1.54, 1.807) is 24.0 Å². The lowest BCUT2D eigenvalue weighted by Crippen LogP contribution is -2.33. The Morgan fingerprint density at radius 2 is 1.85 bits per heavy atom. The number of carbonyl (C=O) groups is 2. The number of aromatic carboxylic acids is 1. The topological polar surface area (TPSA) is 69.6 Å². The Morgan fingerprint density at radius 1 is 1.25 bits per heavy atom. The molecule has 2 N–H and O–H groups in total. The maximum Gasteiger partial charge on any atom is 0.336 e. The van der Waals surface area contributed by atoms with Gasteiger partial charge in [0.15, 0.2) is 0 Å². The summed E-state index contributed by atoms with van der Waals surface area (Å²) in [5, 5.41) is 11.9. The third kappa shape index (κ3) is 2.76. The third-order valence-electron chi connectivity index (χ3n) is 4.08. The number of likely N-dealkylation sites (tertiary alicyclic amines) is 1. The number of anilines is 1. The predicted octanol–water partition coefficient (Wildman–Crippen LogP) is 2.81. The molecule has 1 aliphatic heterocycles. The zero-order valence-electron chi connectivity index (χ0n) is 12.0. The molecule has 1 aliphatic rings. The Bertz CT molecular complexity index is 532. The number of hydrogen-bond acceptors (Lipinski definition) is 2. The molecule has 2 unspecified atom stereocenters. The molecule has 2 atom stereocenters. The summed E-state index contributed by atoms with van der Waals surface area (Å²) in [4.78, 5) is 25.1. The van der Waals surface area contributed by atoms with Crippen LogP contribution >= 0.6 is 0 Å². The van der Waals surface area contributed by atoms with Crippen LogP contribution in [0.15, 0.2) is 18.2 Å². The van der Waals surface area contributed by atoms with E-state index < -0.39 is 5.97 Å². The molecular weight excluding hydrogens is 256 g/mol. The van der Waals surface area contributed by atoms with Crippen LogP contribution in [-0.2, 0) is 0 Å². The minimum Gasteiger partial charge on any atom is -0.478 e. The maximum atomic E-state index is 12.2. The van der Waals surface area contributed by atoms with Crippen LogP contribution in [0.2, 0.25) is 0 Å². The number of nitrogens with one attached hydrogen (secondary N) is 1. The lowest BCUT2D eigenvalue weighted by Gasteiger charge is -2.18. The van der Waals surface area contributed by atoms with Gasteiger partial charge < -0.3 is 15.3 Å². The van der Waals surface area contributed by atoms with Gasteiger partial charge in [0.25, 0.3) is 0 Å². The number of carboxylic acid groups (broad SMARTS) is 1. The lowest BCUT2D eigenvalue weighted by atomic mass is 10.0. The van der Waals surface area contributed by atoms with Crippen molar-refractivity contribution >= 4 is 17.7 Å². The highest BCUT2D eigenvalue weighted by molar-refractivity contribution is 5.95. The van der Waals surface area contributed by atoms with Gasteiger partial charge in [-0.05, 0) is 36.5 Å². The second kappa shape index (κ2) is 5.53. The van der Waals surface area contributed by atoms with Gasteiger partial charge in [-0.3, -0.25) is 0 Å². The molecule has 1 fully saturated rings. The minimum absolute atomic E-state index is 0.160. The molecule has 0 spiro atoms. The van der Waals surface area contributed by atoms with Crippen molar-refractivity contribution in [2.45, 2.75) is 20.8 Å². The highest BCUT2D eigenvalue weighted by atomic mass is 16.4. The molecule has 0 bridgehead atoms. The van der Waals surface area contributed by atoms with Gasteiger partial charge in [-0.15, -0.1) is 0 Å². The van der Waals surface area contributed by atoms with Crippen molar-refractivity contribution in [3.63, 3.8) is 0 Å². The monoisotopic (exact) mass is 276 g/mol. The summed E-state index contributed by atoms with van der Waals surface area (Å²) in [7, 11) is 0. The van der Waals surface area contributed by atoms with E-state index in [1.165, 1.54) is 6.07 Å². The number of hydrogen-bond donors (Lipinski definition) is 2. The van der Waals surface area contributed by atoms with Crippen LogP contribution in [0.4, 0.5) is 10.5 Å². The molecule has 1 heterocycles. The molecule has 2 amide bonds. The van der Waals surface area contributed by atoms with Crippen LogP contribution in [-0.4, -0.2) is 35.1 Å². The van der Waals surface area contributed by atoms with Crippen LogP contribution in [0.25, 0.3) is 0 Å². The predicted molar refractivity (Wildman–Crippen MR) is 77.1 cm³/mol. The van der Waals surface area contributed by atoms with Gasteiger partial charge in [0, 0.05) is 18.8 Å². The SMILES string of the molecule is Cc1c(NC(=O)N2CC(C)C(C)C2)cccc1C(=O)O. The van der Waals surface area contributed by atoms with E-state index in [0.29, 0.717) is 23.1 Å². The number of amides is 2. The van der Waals surface area contributed by atoms with Gasteiger partial charge in [-0.25, -0.2) is 9.59 Å². The van der Waals surface area contributed by atoms with Crippen molar-refractivity contribution in [3.8, 4) is 0 Å². The van der Waals surface area contributed by atoms with E-state index in [9.17, 15) is 9.59 Å². The van der Waals surface area contributed by atoms with Gasteiger partial charge in [0.05, 0.1) is 5.56 Å². The average Bonchev–Trinajstić information content (AvgIpc) is 2.72. The fraction of sp³-hybridized carbons (Fsp3) is 0.467. The summed E-state index contributed by atoms with van der Waals surface area (Å²) in [6, 6.07) is 4.74. The number of rotatable bonds is 2. The van der Waals surface area contributed by atoms with Gasteiger partial charge >= 0.3 is 12.0 Å². The van der Waals surface area contributed by atoms with Gasteiger partial charge in [0.2, 0.25) is 0 Å². The Kier molecular flexibility index (Phi) is 3.97. The lowest BCUT2D eigenvalue weighted by molar-refractivity contribution is 0.0696. The molecule has 0 aliphatic carbocycles. The summed E-state index contributed by atoms with van der Waals surface area (Å²) in [5.41, 5.74) is 1.35. The Labute approximate surface area is 118 Å². The quantitative estimate of drug-likeness (QED) is 0.872. The molecule has 2 rings (SSSR count). The van der Waals surface area contributed by atoms with E-state index in [0.717, 1.165) is 13.1 Å². The second-order valence-electron chi connectivity index (χ2n) is 5.57. The molecule has 5 heteroatoms. The summed E-state index contributed by atoms with van der Waals surface area (Å²) >= 11 is 0. The van der Waals surface area contributed by atoms with E-state index in [-0.39, 0.29) is 11.6 Å². The fourth-order valence-corrected chi connectivity index (χ4v) is 2.49. The van der Waals surface area contributed by atoms with Crippen LogP contribution in [0.1, 0.15) is 29.8 Å². The highest BCUT2D eigenvalue weighted by Gasteiger charge is 2.29. The third-order valence-corrected chi connectivity index (χ3v) is 4.08. The highest BCUT2D eigenvalue weighted by Crippen LogP contribution is 2.24. The first-order valence-corrected chi connectivity index (χ1v) is 6.79. The molecule has 1 saturated heterocycles. The molecule has 108 valence electrons. The number of urea groups is 1. The second-order valence-corrected chi connectivity index (χ2v) is 5.57. The Balaban J connectivity index is 2.13. The van der Waals surface area contributed by atoms with E-state index in [1.807, 2.05) is 0 Å². The zero-order valence-corrected chi connectivity index (χ0v) is 12.0. The molecule has 0 aromatic heterocycles. The molecular formula is C15H20N2O3. The Morgan fingerprint density at radius 3 is 2.40 bits per heavy atom. The van der Waals surface area contributed by atoms with E-state index in [4.69, 9.17) is 5.11 Å².